The highest BCUT2D eigenvalue weighted by molar-refractivity contribution is 5.74. The average molecular weight is 331 g/mol. The van der Waals surface area contributed by atoms with Crippen LogP contribution < -0.4 is 10.2 Å². The lowest BCUT2D eigenvalue weighted by Gasteiger charge is -2.40. The molecule has 0 bridgehead atoms. The first-order chi connectivity index (χ1) is 11.6. The van der Waals surface area contributed by atoms with Crippen molar-refractivity contribution in [1.82, 2.24) is 10.2 Å². The van der Waals surface area contributed by atoms with E-state index in [1.54, 1.807) is 0 Å². The molecule has 3 rings (SSSR count). The first-order valence-corrected chi connectivity index (χ1v) is 9.06. The van der Waals surface area contributed by atoms with E-state index in [2.05, 4.69) is 48.3 Å². The molecule has 2 amide bonds. The van der Waals surface area contributed by atoms with Gasteiger partial charge in [0.2, 0.25) is 0 Å². The standard InChI is InChI=1S/C19H29N3O2/c1-3-19(2)15-22(11-12-24-19)18(23)20-13-16-9-10-21(14-16)17-7-5-4-6-8-17/h4-8,16H,3,9-15H2,1-2H3,(H,20,23)/t16-,19-/m0/s1. The van der Waals surface area contributed by atoms with Crippen LogP contribution in [0.4, 0.5) is 10.5 Å². The zero-order valence-corrected chi connectivity index (χ0v) is 14.8. The van der Waals surface area contributed by atoms with Gasteiger partial charge in [0.1, 0.15) is 0 Å². The molecular weight excluding hydrogens is 302 g/mol. The number of morpholine rings is 1. The molecule has 0 unspecified atom stereocenters. The number of urea groups is 1. The lowest BCUT2D eigenvalue weighted by atomic mass is 10.0. The lowest BCUT2D eigenvalue weighted by molar-refractivity contribution is -0.0872. The fraction of sp³-hybridized carbons (Fsp3) is 0.632. The lowest BCUT2D eigenvalue weighted by Crippen LogP contribution is -2.54. The summed E-state index contributed by atoms with van der Waals surface area (Å²) >= 11 is 0. The van der Waals surface area contributed by atoms with Crippen molar-refractivity contribution >= 4 is 11.7 Å². The van der Waals surface area contributed by atoms with E-state index in [4.69, 9.17) is 4.74 Å². The third-order valence-electron chi connectivity index (χ3n) is 5.32. The Morgan fingerprint density at radius 2 is 2.12 bits per heavy atom. The summed E-state index contributed by atoms with van der Waals surface area (Å²) in [5.41, 5.74) is 1.07. The van der Waals surface area contributed by atoms with Crippen molar-refractivity contribution in [2.24, 2.45) is 5.92 Å². The Morgan fingerprint density at radius 1 is 1.33 bits per heavy atom. The van der Waals surface area contributed by atoms with Crippen LogP contribution in [0, 0.1) is 5.92 Å². The topological polar surface area (TPSA) is 44.8 Å². The van der Waals surface area contributed by atoms with E-state index in [1.165, 1.54) is 5.69 Å². The van der Waals surface area contributed by atoms with Crippen molar-refractivity contribution in [3.63, 3.8) is 0 Å². The predicted octanol–water partition coefficient (Wildman–Crippen LogP) is 2.72. The van der Waals surface area contributed by atoms with Gasteiger partial charge in [-0.05, 0) is 37.8 Å². The molecule has 2 atom stereocenters. The molecule has 5 heteroatoms. The number of rotatable bonds is 4. The molecule has 1 N–H and O–H groups in total. The van der Waals surface area contributed by atoms with Gasteiger partial charge in [-0.3, -0.25) is 0 Å². The molecule has 2 fully saturated rings. The van der Waals surface area contributed by atoms with Crippen molar-refractivity contribution in [3.8, 4) is 0 Å². The molecule has 0 spiro atoms. The Morgan fingerprint density at radius 3 is 2.88 bits per heavy atom. The predicted molar refractivity (Wildman–Crippen MR) is 96.4 cm³/mol. The minimum atomic E-state index is -0.201. The number of benzene rings is 1. The van der Waals surface area contributed by atoms with Crippen LogP contribution in [0.15, 0.2) is 30.3 Å². The van der Waals surface area contributed by atoms with Crippen LogP contribution in [0.1, 0.15) is 26.7 Å². The second-order valence-corrected chi connectivity index (χ2v) is 7.20. The Hall–Kier alpha value is -1.75. The molecule has 0 radical (unpaired) electrons. The first-order valence-electron chi connectivity index (χ1n) is 9.06. The molecule has 2 aliphatic rings. The molecule has 0 aromatic heterocycles. The zero-order valence-electron chi connectivity index (χ0n) is 14.8. The van der Waals surface area contributed by atoms with Gasteiger partial charge in [0.15, 0.2) is 0 Å². The number of hydrogen-bond acceptors (Lipinski definition) is 3. The number of nitrogens with zero attached hydrogens (tertiary/aromatic N) is 2. The fourth-order valence-electron chi connectivity index (χ4n) is 3.53. The minimum Gasteiger partial charge on any atom is -0.372 e. The highest BCUT2D eigenvalue weighted by atomic mass is 16.5. The summed E-state index contributed by atoms with van der Waals surface area (Å²) in [6, 6.07) is 10.6. The molecule has 0 aliphatic carbocycles. The quantitative estimate of drug-likeness (QED) is 0.923. The molecule has 2 saturated heterocycles. The van der Waals surface area contributed by atoms with E-state index in [1.807, 2.05) is 11.0 Å². The van der Waals surface area contributed by atoms with Crippen molar-refractivity contribution in [3.05, 3.63) is 30.3 Å². The van der Waals surface area contributed by atoms with E-state index in [9.17, 15) is 4.79 Å². The summed E-state index contributed by atoms with van der Waals surface area (Å²) in [7, 11) is 0. The van der Waals surface area contributed by atoms with E-state index in [0.717, 1.165) is 32.5 Å². The summed E-state index contributed by atoms with van der Waals surface area (Å²) in [5.74, 6) is 0.521. The van der Waals surface area contributed by atoms with Gasteiger partial charge in [0.05, 0.1) is 18.8 Å². The molecular formula is C19H29N3O2. The van der Waals surface area contributed by atoms with Crippen LogP contribution in [-0.4, -0.2) is 55.9 Å². The van der Waals surface area contributed by atoms with Gasteiger partial charge < -0.3 is 19.9 Å². The van der Waals surface area contributed by atoms with Crippen molar-refractivity contribution in [1.29, 1.82) is 0 Å². The largest absolute Gasteiger partial charge is 0.372 e. The van der Waals surface area contributed by atoms with Crippen LogP contribution in [0.3, 0.4) is 0 Å². The number of nitrogens with one attached hydrogen (secondary N) is 1. The molecule has 2 aliphatic heterocycles. The van der Waals surface area contributed by atoms with Crippen molar-refractivity contribution in [2.45, 2.75) is 32.3 Å². The monoisotopic (exact) mass is 331 g/mol. The Bertz CT molecular complexity index is 551. The fourth-order valence-corrected chi connectivity index (χ4v) is 3.53. The van der Waals surface area contributed by atoms with Gasteiger partial charge in [-0.25, -0.2) is 4.79 Å². The highest BCUT2D eigenvalue weighted by Gasteiger charge is 2.33. The van der Waals surface area contributed by atoms with Gasteiger partial charge in [-0.2, -0.15) is 0 Å². The molecule has 132 valence electrons. The number of carbonyl (C=O) groups is 1. The summed E-state index contributed by atoms with van der Waals surface area (Å²) < 4.78 is 5.81. The van der Waals surface area contributed by atoms with Gasteiger partial charge in [0.25, 0.3) is 0 Å². The summed E-state index contributed by atoms with van der Waals surface area (Å²) in [6.07, 6.45) is 2.05. The Labute approximate surface area is 145 Å². The number of amides is 2. The van der Waals surface area contributed by atoms with E-state index < -0.39 is 0 Å². The second-order valence-electron chi connectivity index (χ2n) is 7.20. The smallest absolute Gasteiger partial charge is 0.317 e. The van der Waals surface area contributed by atoms with E-state index in [0.29, 0.717) is 25.6 Å². The maximum atomic E-state index is 12.5. The maximum absolute atomic E-state index is 12.5. The van der Waals surface area contributed by atoms with Crippen molar-refractivity contribution < 1.29 is 9.53 Å². The summed E-state index contributed by atoms with van der Waals surface area (Å²) in [5, 5.41) is 3.13. The third-order valence-corrected chi connectivity index (χ3v) is 5.32. The SMILES string of the molecule is CC[C@@]1(C)CN(C(=O)NC[C@@H]2CCN(c3ccccc3)C2)CCO1. The second kappa shape index (κ2) is 7.43. The number of anilines is 1. The molecule has 24 heavy (non-hydrogen) atoms. The Kier molecular flexibility index (Phi) is 5.29. The maximum Gasteiger partial charge on any atom is 0.317 e. The molecule has 2 heterocycles. The number of carbonyl (C=O) groups excluding carboxylic acids is 1. The summed E-state index contributed by atoms with van der Waals surface area (Å²) in [4.78, 5) is 16.8. The Balaban J connectivity index is 1.45. The number of ether oxygens (including phenoxy) is 1. The molecule has 1 aromatic rings. The molecule has 5 nitrogen and oxygen atoms in total. The van der Waals surface area contributed by atoms with Crippen LogP contribution in [-0.2, 0) is 4.74 Å². The normalized spacial score (nSPS) is 27.3. The van der Waals surface area contributed by atoms with E-state index >= 15 is 0 Å². The van der Waals surface area contributed by atoms with Crippen LogP contribution >= 0.6 is 0 Å². The summed E-state index contributed by atoms with van der Waals surface area (Å²) in [6.45, 7) is 9.01. The van der Waals surface area contributed by atoms with Crippen molar-refractivity contribution in [2.75, 3.05) is 44.2 Å². The third kappa shape index (κ3) is 4.01. The van der Waals surface area contributed by atoms with Gasteiger partial charge in [0, 0.05) is 31.9 Å². The zero-order chi connectivity index (χ0) is 17.0. The minimum absolute atomic E-state index is 0.0520. The number of para-hydroxylation sites is 1. The van der Waals surface area contributed by atoms with Crippen LogP contribution in [0.5, 0.6) is 0 Å². The highest BCUT2D eigenvalue weighted by Crippen LogP contribution is 2.23. The first kappa shape index (κ1) is 17.1. The van der Waals surface area contributed by atoms with E-state index in [-0.39, 0.29) is 11.6 Å². The average Bonchev–Trinajstić information content (AvgIpc) is 3.09. The molecule has 0 saturated carbocycles. The van der Waals surface area contributed by atoms with Gasteiger partial charge >= 0.3 is 6.03 Å². The van der Waals surface area contributed by atoms with Gasteiger partial charge in [-0.1, -0.05) is 25.1 Å². The van der Waals surface area contributed by atoms with Gasteiger partial charge in [-0.15, -0.1) is 0 Å². The molecule has 1 aromatic carbocycles. The number of hydrogen-bond donors (Lipinski definition) is 1. The van der Waals surface area contributed by atoms with Crippen LogP contribution in [0.2, 0.25) is 0 Å². The van der Waals surface area contributed by atoms with Crippen LogP contribution in [0.25, 0.3) is 0 Å².